The number of halogens is 2. The lowest BCUT2D eigenvalue weighted by Crippen LogP contribution is -2.20. The highest BCUT2D eigenvalue weighted by Crippen LogP contribution is 2.21. The summed E-state index contributed by atoms with van der Waals surface area (Å²) in [6.45, 7) is 0.268. The molecule has 0 saturated heterocycles. The van der Waals surface area contributed by atoms with Gasteiger partial charge in [-0.25, -0.2) is 0 Å². The van der Waals surface area contributed by atoms with Gasteiger partial charge in [-0.2, -0.15) is 0 Å². The number of hydrogen-bond donors (Lipinski definition) is 1. The van der Waals surface area contributed by atoms with Gasteiger partial charge >= 0.3 is 0 Å². The zero-order chi connectivity index (χ0) is 16.8. The van der Waals surface area contributed by atoms with E-state index in [1.165, 1.54) is 18.2 Å². The number of nitro benzene ring substituents is 1. The monoisotopic (exact) mass is 350 g/mol. The zero-order valence-electron chi connectivity index (χ0n) is 11.8. The van der Waals surface area contributed by atoms with Crippen molar-refractivity contribution in [1.29, 1.82) is 0 Å². The van der Waals surface area contributed by atoms with Gasteiger partial charge < -0.3 is 5.32 Å². The number of rotatable bonds is 5. The molecule has 23 heavy (non-hydrogen) atoms. The number of benzene rings is 2. The first-order valence-electron chi connectivity index (χ1n) is 6.60. The van der Waals surface area contributed by atoms with Crippen LogP contribution in [0.2, 0.25) is 10.0 Å². The molecule has 0 spiro atoms. The lowest BCUT2D eigenvalue weighted by atomic mass is 10.2. The van der Waals surface area contributed by atoms with Crippen LogP contribution in [0.15, 0.2) is 48.5 Å². The molecule has 0 radical (unpaired) electrons. The van der Waals surface area contributed by atoms with Gasteiger partial charge in [0.1, 0.15) is 0 Å². The molecule has 0 aromatic heterocycles. The highest BCUT2D eigenvalue weighted by Gasteiger charge is 2.04. The number of carbonyl (C=O) groups is 1. The minimum absolute atomic E-state index is 0.00979. The summed E-state index contributed by atoms with van der Waals surface area (Å²) in [5.41, 5.74) is 1.42. The normalized spacial score (nSPS) is 10.7. The molecule has 0 aliphatic rings. The summed E-state index contributed by atoms with van der Waals surface area (Å²) in [7, 11) is 0. The summed E-state index contributed by atoms with van der Waals surface area (Å²) in [5.74, 6) is -0.306. The van der Waals surface area contributed by atoms with E-state index in [4.69, 9.17) is 23.2 Å². The topological polar surface area (TPSA) is 72.2 Å². The fourth-order valence-electron chi connectivity index (χ4n) is 1.79. The second kappa shape index (κ2) is 7.76. The highest BCUT2D eigenvalue weighted by atomic mass is 35.5. The lowest BCUT2D eigenvalue weighted by molar-refractivity contribution is -0.384. The highest BCUT2D eigenvalue weighted by molar-refractivity contribution is 6.34. The van der Waals surface area contributed by atoms with Crippen molar-refractivity contribution in [2.75, 3.05) is 0 Å². The van der Waals surface area contributed by atoms with Gasteiger partial charge in [-0.1, -0.05) is 35.3 Å². The molecule has 0 aliphatic heterocycles. The van der Waals surface area contributed by atoms with E-state index in [1.807, 2.05) is 0 Å². The van der Waals surface area contributed by atoms with E-state index in [-0.39, 0.29) is 18.1 Å². The molecule has 118 valence electrons. The maximum Gasteiger partial charge on any atom is 0.269 e. The van der Waals surface area contributed by atoms with Gasteiger partial charge in [0.05, 0.1) is 4.92 Å². The molecule has 1 N–H and O–H groups in total. The minimum atomic E-state index is -0.472. The summed E-state index contributed by atoms with van der Waals surface area (Å²) in [6.07, 6.45) is 2.92. The van der Waals surface area contributed by atoms with E-state index in [9.17, 15) is 14.9 Å². The van der Waals surface area contributed by atoms with E-state index < -0.39 is 4.92 Å². The van der Waals surface area contributed by atoms with Gasteiger partial charge in [-0.15, -0.1) is 0 Å². The third-order valence-electron chi connectivity index (χ3n) is 2.99. The van der Waals surface area contributed by atoms with E-state index in [0.29, 0.717) is 15.6 Å². The maximum absolute atomic E-state index is 11.8. The summed E-state index contributed by atoms with van der Waals surface area (Å²) in [4.78, 5) is 21.9. The summed E-state index contributed by atoms with van der Waals surface area (Å²) in [6, 6.07) is 10.9. The number of amides is 1. The molecule has 0 aliphatic carbocycles. The van der Waals surface area contributed by atoms with Gasteiger partial charge in [0.25, 0.3) is 5.69 Å². The van der Waals surface area contributed by atoms with Crippen LogP contribution in [-0.4, -0.2) is 10.8 Å². The van der Waals surface area contributed by atoms with Crippen LogP contribution in [0, 0.1) is 10.1 Å². The molecule has 0 fully saturated rings. The first kappa shape index (κ1) is 17.0. The Bertz CT molecular complexity index is 758. The average Bonchev–Trinajstić information content (AvgIpc) is 2.54. The third kappa shape index (κ3) is 5.09. The van der Waals surface area contributed by atoms with Crippen LogP contribution < -0.4 is 5.32 Å². The SMILES string of the molecule is O=C(/C=C/c1cc(Cl)ccc1Cl)NCc1ccc([N+](=O)[O-])cc1. The Morgan fingerprint density at radius 2 is 1.87 bits per heavy atom. The van der Waals surface area contributed by atoms with Crippen LogP contribution in [0.4, 0.5) is 5.69 Å². The van der Waals surface area contributed by atoms with Gasteiger partial charge in [-0.3, -0.25) is 14.9 Å². The molecule has 0 saturated carbocycles. The van der Waals surface area contributed by atoms with Crippen molar-refractivity contribution in [3.05, 3.63) is 79.8 Å². The van der Waals surface area contributed by atoms with E-state index in [0.717, 1.165) is 5.56 Å². The van der Waals surface area contributed by atoms with Crippen LogP contribution in [-0.2, 0) is 11.3 Å². The molecule has 0 heterocycles. The lowest BCUT2D eigenvalue weighted by Gasteiger charge is -2.03. The van der Waals surface area contributed by atoms with Gasteiger partial charge in [0.2, 0.25) is 5.91 Å². The standard InChI is InChI=1S/C16H12Cl2N2O3/c17-13-4-7-15(18)12(9-13)3-8-16(21)19-10-11-1-5-14(6-2-11)20(22)23/h1-9H,10H2,(H,19,21)/b8-3+. The second-order valence-electron chi connectivity index (χ2n) is 4.64. The van der Waals surface area contributed by atoms with E-state index in [1.54, 1.807) is 36.4 Å². The van der Waals surface area contributed by atoms with Crippen molar-refractivity contribution < 1.29 is 9.72 Å². The number of hydrogen-bond acceptors (Lipinski definition) is 3. The van der Waals surface area contributed by atoms with Crippen molar-refractivity contribution in [2.45, 2.75) is 6.54 Å². The molecule has 1 amide bonds. The first-order valence-corrected chi connectivity index (χ1v) is 7.35. The molecule has 7 heteroatoms. The molecule has 2 aromatic carbocycles. The predicted octanol–water partition coefficient (Wildman–Crippen LogP) is 4.23. The Labute approximate surface area is 142 Å². The summed E-state index contributed by atoms with van der Waals surface area (Å²) >= 11 is 11.9. The Morgan fingerprint density at radius 3 is 2.52 bits per heavy atom. The van der Waals surface area contributed by atoms with Crippen LogP contribution in [0.3, 0.4) is 0 Å². The van der Waals surface area contributed by atoms with Gasteiger partial charge in [0.15, 0.2) is 0 Å². The molecular formula is C16H12Cl2N2O3. The average molecular weight is 351 g/mol. The van der Waals surface area contributed by atoms with Crippen LogP contribution in [0.5, 0.6) is 0 Å². The molecule has 0 bridgehead atoms. The van der Waals surface area contributed by atoms with Crippen LogP contribution in [0.25, 0.3) is 6.08 Å². The van der Waals surface area contributed by atoms with Crippen LogP contribution in [0.1, 0.15) is 11.1 Å². The molecular weight excluding hydrogens is 339 g/mol. The summed E-state index contributed by atoms with van der Waals surface area (Å²) < 4.78 is 0. The van der Waals surface area contributed by atoms with Crippen molar-refractivity contribution in [1.82, 2.24) is 5.32 Å². The molecule has 0 atom stereocenters. The van der Waals surface area contributed by atoms with Gasteiger partial charge in [0, 0.05) is 34.8 Å². The third-order valence-corrected chi connectivity index (χ3v) is 3.57. The Balaban J connectivity index is 1.93. The van der Waals surface area contributed by atoms with Gasteiger partial charge in [-0.05, 0) is 35.4 Å². The summed E-state index contributed by atoms with van der Waals surface area (Å²) in [5, 5.41) is 14.3. The predicted molar refractivity (Wildman–Crippen MR) is 90.4 cm³/mol. The second-order valence-corrected chi connectivity index (χ2v) is 5.48. The van der Waals surface area contributed by atoms with Crippen molar-refractivity contribution >= 4 is 40.9 Å². The number of nitrogens with one attached hydrogen (secondary N) is 1. The van der Waals surface area contributed by atoms with Crippen molar-refractivity contribution in [3.63, 3.8) is 0 Å². The molecule has 0 unspecified atom stereocenters. The fraction of sp³-hybridized carbons (Fsp3) is 0.0625. The number of nitrogens with zero attached hydrogens (tertiary/aromatic N) is 1. The molecule has 5 nitrogen and oxygen atoms in total. The molecule has 2 aromatic rings. The quantitative estimate of drug-likeness (QED) is 0.498. The fourth-order valence-corrected chi connectivity index (χ4v) is 2.15. The smallest absolute Gasteiger partial charge is 0.269 e. The maximum atomic E-state index is 11.8. The Morgan fingerprint density at radius 1 is 1.17 bits per heavy atom. The number of carbonyl (C=O) groups excluding carboxylic acids is 1. The molecule has 2 rings (SSSR count). The van der Waals surface area contributed by atoms with Crippen LogP contribution >= 0.6 is 23.2 Å². The zero-order valence-corrected chi connectivity index (χ0v) is 13.3. The minimum Gasteiger partial charge on any atom is -0.348 e. The number of nitro groups is 1. The Kier molecular flexibility index (Phi) is 5.73. The van der Waals surface area contributed by atoms with E-state index >= 15 is 0 Å². The largest absolute Gasteiger partial charge is 0.348 e. The Hall–Kier alpha value is -2.37. The van der Waals surface area contributed by atoms with Crippen molar-refractivity contribution in [2.24, 2.45) is 0 Å². The van der Waals surface area contributed by atoms with Crippen molar-refractivity contribution in [3.8, 4) is 0 Å². The first-order chi connectivity index (χ1) is 11.0. The van der Waals surface area contributed by atoms with E-state index in [2.05, 4.69) is 5.32 Å². The number of non-ortho nitro benzene ring substituents is 1.